The van der Waals surface area contributed by atoms with E-state index in [2.05, 4.69) is 21.8 Å². The summed E-state index contributed by atoms with van der Waals surface area (Å²) in [5.74, 6) is 1.06. The number of aromatic nitrogens is 2. The van der Waals surface area contributed by atoms with Gasteiger partial charge in [0.1, 0.15) is 0 Å². The van der Waals surface area contributed by atoms with E-state index in [1.54, 1.807) is 12.4 Å². The molecule has 0 aromatic carbocycles. The van der Waals surface area contributed by atoms with Gasteiger partial charge in [-0.05, 0) is 12.5 Å². The van der Waals surface area contributed by atoms with Crippen molar-refractivity contribution >= 4 is 11.9 Å². The summed E-state index contributed by atoms with van der Waals surface area (Å²) in [5.41, 5.74) is 0. The highest BCUT2D eigenvalue weighted by Crippen LogP contribution is 2.11. The number of unbranched alkanes of at least 4 members (excludes halogenated alkanes) is 2. The van der Waals surface area contributed by atoms with Crippen LogP contribution in [-0.4, -0.2) is 47.0 Å². The molecule has 0 unspecified atom stereocenters. The molecule has 0 saturated carbocycles. The van der Waals surface area contributed by atoms with Gasteiger partial charge in [0, 0.05) is 45.0 Å². The molecule has 2 heterocycles. The first kappa shape index (κ1) is 13.8. The van der Waals surface area contributed by atoms with Crippen LogP contribution < -0.4 is 4.90 Å². The minimum Gasteiger partial charge on any atom is -0.339 e. The third kappa shape index (κ3) is 3.91. The summed E-state index contributed by atoms with van der Waals surface area (Å²) >= 11 is 0. The van der Waals surface area contributed by atoms with E-state index in [0.717, 1.165) is 51.4 Å². The number of anilines is 1. The Kier molecular flexibility index (Phi) is 5.12. The van der Waals surface area contributed by atoms with E-state index in [-0.39, 0.29) is 0 Å². The Morgan fingerprint density at radius 3 is 2.47 bits per heavy atom. The molecule has 1 aliphatic rings. The zero-order valence-corrected chi connectivity index (χ0v) is 11.6. The largest absolute Gasteiger partial charge is 0.339 e. The summed E-state index contributed by atoms with van der Waals surface area (Å²) in [7, 11) is 0. The van der Waals surface area contributed by atoms with E-state index in [9.17, 15) is 4.79 Å². The number of amides is 1. The molecule has 0 spiro atoms. The van der Waals surface area contributed by atoms with Gasteiger partial charge in [-0.25, -0.2) is 9.97 Å². The van der Waals surface area contributed by atoms with Crippen molar-refractivity contribution in [2.75, 3.05) is 31.1 Å². The Bertz CT molecular complexity index is 388. The van der Waals surface area contributed by atoms with Crippen molar-refractivity contribution in [3.8, 4) is 0 Å². The Morgan fingerprint density at radius 2 is 1.84 bits per heavy atom. The first-order chi connectivity index (χ1) is 9.31. The van der Waals surface area contributed by atoms with Gasteiger partial charge >= 0.3 is 0 Å². The van der Waals surface area contributed by atoms with Crippen LogP contribution in [0.25, 0.3) is 0 Å². The van der Waals surface area contributed by atoms with Crippen molar-refractivity contribution < 1.29 is 4.79 Å². The molecule has 1 amide bonds. The molecule has 0 N–H and O–H groups in total. The quantitative estimate of drug-likeness (QED) is 0.758. The fourth-order valence-corrected chi connectivity index (χ4v) is 2.29. The zero-order chi connectivity index (χ0) is 13.5. The van der Waals surface area contributed by atoms with Gasteiger partial charge in [0.25, 0.3) is 0 Å². The maximum atomic E-state index is 12.0. The predicted molar refractivity (Wildman–Crippen MR) is 75.0 cm³/mol. The molecule has 0 aliphatic carbocycles. The lowest BCUT2D eigenvalue weighted by Crippen LogP contribution is -2.49. The highest BCUT2D eigenvalue weighted by atomic mass is 16.2. The number of carbonyl (C=O) groups excluding carboxylic acids is 1. The topological polar surface area (TPSA) is 49.3 Å². The highest BCUT2D eigenvalue weighted by molar-refractivity contribution is 5.76. The van der Waals surface area contributed by atoms with Crippen LogP contribution >= 0.6 is 0 Å². The van der Waals surface area contributed by atoms with Crippen LogP contribution in [-0.2, 0) is 4.79 Å². The van der Waals surface area contributed by atoms with Gasteiger partial charge in [-0.2, -0.15) is 0 Å². The number of hydrogen-bond acceptors (Lipinski definition) is 4. The van der Waals surface area contributed by atoms with E-state index in [1.807, 2.05) is 11.0 Å². The van der Waals surface area contributed by atoms with Gasteiger partial charge in [0.05, 0.1) is 0 Å². The Labute approximate surface area is 114 Å². The fraction of sp³-hybridized carbons (Fsp3) is 0.643. The van der Waals surface area contributed by atoms with Crippen molar-refractivity contribution in [2.45, 2.75) is 32.6 Å². The summed E-state index contributed by atoms with van der Waals surface area (Å²) in [4.78, 5) is 24.6. The average Bonchev–Trinajstić information content (AvgIpc) is 2.48. The Morgan fingerprint density at radius 1 is 1.16 bits per heavy atom. The molecule has 0 atom stereocenters. The lowest BCUT2D eigenvalue weighted by atomic mass is 10.2. The maximum absolute atomic E-state index is 12.0. The first-order valence-electron chi connectivity index (χ1n) is 7.11. The number of hydrogen-bond donors (Lipinski definition) is 0. The standard InChI is InChI=1S/C14H22N4O/c1-2-3-4-6-13(19)17-9-11-18(12-10-17)14-15-7-5-8-16-14/h5,7-8H,2-4,6,9-12H2,1H3. The minimum absolute atomic E-state index is 0.294. The third-order valence-electron chi connectivity index (χ3n) is 3.46. The molecule has 1 saturated heterocycles. The molecular formula is C14H22N4O. The summed E-state index contributed by atoms with van der Waals surface area (Å²) in [6.07, 6.45) is 7.51. The van der Waals surface area contributed by atoms with Crippen LogP contribution in [0.5, 0.6) is 0 Å². The molecule has 0 radical (unpaired) electrons. The first-order valence-corrected chi connectivity index (χ1v) is 7.11. The minimum atomic E-state index is 0.294. The zero-order valence-electron chi connectivity index (χ0n) is 11.6. The second kappa shape index (κ2) is 7.07. The van der Waals surface area contributed by atoms with Gasteiger partial charge in [-0.1, -0.05) is 19.8 Å². The second-order valence-electron chi connectivity index (χ2n) is 4.87. The smallest absolute Gasteiger partial charge is 0.225 e. The van der Waals surface area contributed by atoms with Crippen LogP contribution in [0, 0.1) is 0 Å². The van der Waals surface area contributed by atoms with Gasteiger partial charge < -0.3 is 9.80 Å². The van der Waals surface area contributed by atoms with Gasteiger partial charge in [0.15, 0.2) is 0 Å². The molecule has 1 aliphatic heterocycles. The summed E-state index contributed by atoms with van der Waals surface area (Å²) in [5, 5.41) is 0. The lowest BCUT2D eigenvalue weighted by Gasteiger charge is -2.34. The van der Waals surface area contributed by atoms with Gasteiger partial charge in [-0.15, -0.1) is 0 Å². The summed E-state index contributed by atoms with van der Waals surface area (Å²) < 4.78 is 0. The normalized spacial score (nSPS) is 15.6. The molecule has 0 bridgehead atoms. The number of rotatable bonds is 5. The predicted octanol–water partition coefficient (Wildman–Crippen LogP) is 1.71. The van der Waals surface area contributed by atoms with Crippen LogP contribution in [0.1, 0.15) is 32.6 Å². The molecule has 1 aromatic rings. The van der Waals surface area contributed by atoms with Crippen molar-refractivity contribution in [2.24, 2.45) is 0 Å². The maximum Gasteiger partial charge on any atom is 0.225 e. The summed E-state index contributed by atoms with van der Waals surface area (Å²) in [6, 6.07) is 1.82. The average molecular weight is 262 g/mol. The summed E-state index contributed by atoms with van der Waals surface area (Å²) in [6.45, 7) is 5.36. The van der Waals surface area contributed by atoms with E-state index in [4.69, 9.17) is 0 Å². The SMILES string of the molecule is CCCCCC(=O)N1CCN(c2ncccn2)CC1. The van der Waals surface area contributed by atoms with Crippen LogP contribution in [0.4, 0.5) is 5.95 Å². The van der Waals surface area contributed by atoms with E-state index < -0.39 is 0 Å². The van der Waals surface area contributed by atoms with E-state index >= 15 is 0 Å². The number of carbonyl (C=O) groups is 1. The van der Waals surface area contributed by atoms with Crippen molar-refractivity contribution in [3.05, 3.63) is 18.5 Å². The Balaban J connectivity index is 1.77. The van der Waals surface area contributed by atoms with Crippen molar-refractivity contribution in [3.63, 3.8) is 0 Å². The number of nitrogens with zero attached hydrogens (tertiary/aromatic N) is 4. The van der Waals surface area contributed by atoms with Crippen LogP contribution in [0.2, 0.25) is 0 Å². The molecule has 104 valence electrons. The van der Waals surface area contributed by atoms with Crippen LogP contribution in [0.3, 0.4) is 0 Å². The number of piperazine rings is 1. The van der Waals surface area contributed by atoms with Crippen molar-refractivity contribution in [1.29, 1.82) is 0 Å². The van der Waals surface area contributed by atoms with E-state index in [0.29, 0.717) is 12.3 Å². The molecule has 1 aromatic heterocycles. The van der Waals surface area contributed by atoms with Crippen molar-refractivity contribution in [1.82, 2.24) is 14.9 Å². The molecular weight excluding hydrogens is 240 g/mol. The monoisotopic (exact) mass is 262 g/mol. The van der Waals surface area contributed by atoms with Gasteiger partial charge in [0.2, 0.25) is 11.9 Å². The van der Waals surface area contributed by atoms with E-state index in [1.165, 1.54) is 0 Å². The fourth-order valence-electron chi connectivity index (χ4n) is 2.29. The second-order valence-corrected chi connectivity index (χ2v) is 4.87. The molecule has 1 fully saturated rings. The lowest BCUT2D eigenvalue weighted by molar-refractivity contribution is -0.131. The molecule has 19 heavy (non-hydrogen) atoms. The van der Waals surface area contributed by atoms with Gasteiger partial charge in [-0.3, -0.25) is 4.79 Å². The molecule has 5 heteroatoms. The third-order valence-corrected chi connectivity index (χ3v) is 3.46. The molecule has 2 rings (SSSR count). The highest BCUT2D eigenvalue weighted by Gasteiger charge is 2.21. The molecule has 5 nitrogen and oxygen atoms in total. The Hall–Kier alpha value is -1.65. The van der Waals surface area contributed by atoms with Crippen LogP contribution in [0.15, 0.2) is 18.5 Å².